The summed E-state index contributed by atoms with van der Waals surface area (Å²) in [6.07, 6.45) is 0. The van der Waals surface area contributed by atoms with Crippen molar-refractivity contribution < 1.29 is 9.13 Å². The van der Waals surface area contributed by atoms with Crippen LogP contribution in [0.2, 0.25) is 0 Å². The minimum Gasteiger partial charge on any atom is -0.427 e. The van der Waals surface area contributed by atoms with E-state index in [0.717, 1.165) is 11.5 Å². The van der Waals surface area contributed by atoms with Gasteiger partial charge in [-0.05, 0) is 25.1 Å². The van der Waals surface area contributed by atoms with E-state index < -0.39 is 5.82 Å². The Bertz CT molecular complexity index is 489. The van der Waals surface area contributed by atoms with Gasteiger partial charge in [-0.2, -0.15) is 9.36 Å². The van der Waals surface area contributed by atoms with E-state index in [1.165, 1.54) is 12.1 Å². The fraction of sp³-hybridized carbons (Fsp3) is 0.111. The van der Waals surface area contributed by atoms with E-state index in [9.17, 15) is 4.39 Å². The van der Waals surface area contributed by atoms with Crippen LogP contribution in [-0.4, -0.2) is 9.36 Å². The van der Waals surface area contributed by atoms with E-state index in [1.54, 1.807) is 13.0 Å². The summed E-state index contributed by atoms with van der Waals surface area (Å²) >= 11 is 4.26. The Morgan fingerprint density at radius 1 is 1.47 bits per heavy atom. The zero-order chi connectivity index (χ0) is 10.8. The van der Waals surface area contributed by atoms with Gasteiger partial charge in [0.2, 0.25) is 0 Å². The molecular formula is C9H6BrFN2OS. The molecule has 6 heteroatoms. The van der Waals surface area contributed by atoms with E-state index >= 15 is 0 Å². The van der Waals surface area contributed by atoms with Crippen molar-refractivity contribution in [2.45, 2.75) is 6.92 Å². The molecule has 0 unspecified atom stereocenters. The molecule has 0 fully saturated rings. The zero-order valence-electron chi connectivity index (χ0n) is 7.70. The van der Waals surface area contributed by atoms with Gasteiger partial charge < -0.3 is 4.74 Å². The molecule has 1 aromatic heterocycles. The Morgan fingerprint density at radius 2 is 2.27 bits per heavy atom. The van der Waals surface area contributed by atoms with Crippen molar-refractivity contribution >= 4 is 27.5 Å². The van der Waals surface area contributed by atoms with Crippen molar-refractivity contribution in [3.63, 3.8) is 0 Å². The molecule has 15 heavy (non-hydrogen) atoms. The molecule has 2 rings (SSSR count). The minimum absolute atomic E-state index is 0.148. The lowest BCUT2D eigenvalue weighted by atomic mass is 10.3. The van der Waals surface area contributed by atoms with Gasteiger partial charge in [0, 0.05) is 16.0 Å². The van der Waals surface area contributed by atoms with Gasteiger partial charge >= 0.3 is 0 Å². The molecule has 0 atom stereocenters. The predicted octanol–water partition coefficient (Wildman–Crippen LogP) is 3.54. The Morgan fingerprint density at radius 3 is 2.87 bits per heavy atom. The number of aromatic nitrogens is 2. The molecule has 0 saturated heterocycles. The van der Waals surface area contributed by atoms with Crippen molar-refractivity contribution in [2.24, 2.45) is 0 Å². The Labute approximate surface area is 98.2 Å². The number of aryl methyl sites for hydroxylation is 1. The highest BCUT2D eigenvalue weighted by Crippen LogP contribution is 2.27. The second kappa shape index (κ2) is 4.24. The fourth-order valence-corrected chi connectivity index (χ4v) is 1.86. The molecule has 0 radical (unpaired) electrons. The summed E-state index contributed by atoms with van der Waals surface area (Å²) in [4.78, 5) is 3.98. The first-order chi connectivity index (χ1) is 7.15. The van der Waals surface area contributed by atoms with Crippen LogP contribution in [0.1, 0.15) is 5.82 Å². The summed E-state index contributed by atoms with van der Waals surface area (Å²) in [5.74, 6) is 0.332. The highest BCUT2D eigenvalue weighted by molar-refractivity contribution is 9.10. The first-order valence-electron chi connectivity index (χ1n) is 4.08. The molecule has 0 aliphatic rings. The topological polar surface area (TPSA) is 35.0 Å². The average Bonchev–Trinajstić information content (AvgIpc) is 2.56. The number of nitrogens with zero attached hydrogens (tertiary/aromatic N) is 2. The van der Waals surface area contributed by atoms with Crippen LogP contribution in [0.15, 0.2) is 22.7 Å². The third-order valence-electron chi connectivity index (χ3n) is 1.60. The van der Waals surface area contributed by atoms with E-state index in [1.807, 2.05) is 0 Å². The zero-order valence-corrected chi connectivity index (χ0v) is 10.1. The molecular weight excluding hydrogens is 283 g/mol. The van der Waals surface area contributed by atoms with Crippen LogP contribution in [0.4, 0.5) is 4.39 Å². The van der Waals surface area contributed by atoms with Crippen molar-refractivity contribution in [1.29, 1.82) is 0 Å². The first kappa shape index (κ1) is 10.5. The summed E-state index contributed by atoms with van der Waals surface area (Å²) in [6, 6.07) is 4.58. The summed E-state index contributed by atoms with van der Waals surface area (Å²) < 4.78 is 23.2. The highest BCUT2D eigenvalue weighted by Gasteiger charge is 2.08. The molecule has 1 aromatic carbocycles. The number of rotatable bonds is 2. The lowest BCUT2D eigenvalue weighted by Gasteiger charge is -2.02. The van der Waals surface area contributed by atoms with Crippen molar-refractivity contribution in [3.8, 4) is 10.9 Å². The Kier molecular flexibility index (Phi) is 2.97. The van der Waals surface area contributed by atoms with Crippen LogP contribution in [0.5, 0.6) is 10.9 Å². The van der Waals surface area contributed by atoms with Crippen LogP contribution >= 0.6 is 27.5 Å². The molecule has 0 saturated carbocycles. The Hall–Kier alpha value is -1.01. The van der Waals surface area contributed by atoms with E-state index in [4.69, 9.17) is 4.74 Å². The number of hydrogen-bond donors (Lipinski definition) is 0. The van der Waals surface area contributed by atoms with Gasteiger partial charge in [0.05, 0.1) is 0 Å². The van der Waals surface area contributed by atoms with Gasteiger partial charge in [-0.15, -0.1) is 0 Å². The van der Waals surface area contributed by atoms with E-state index in [2.05, 4.69) is 25.3 Å². The fourth-order valence-electron chi connectivity index (χ4n) is 0.972. The summed E-state index contributed by atoms with van der Waals surface area (Å²) in [6.45, 7) is 1.75. The number of halogens is 2. The molecule has 78 valence electrons. The van der Waals surface area contributed by atoms with Crippen molar-refractivity contribution in [2.75, 3.05) is 0 Å². The lowest BCUT2D eigenvalue weighted by Crippen LogP contribution is -1.87. The number of hydrogen-bond acceptors (Lipinski definition) is 4. The van der Waals surface area contributed by atoms with E-state index in [0.29, 0.717) is 15.5 Å². The van der Waals surface area contributed by atoms with E-state index in [-0.39, 0.29) is 5.75 Å². The highest BCUT2D eigenvalue weighted by atomic mass is 79.9. The molecule has 3 nitrogen and oxygen atoms in total. The SMILES string of the molecule is Cc1nsc(Oc2ccc(Br)cc2F)n1. The summed E-state index contributed by atoms with van der Waals surface area (Å²) in [5.41, 5.74) is 0. The van der Waals surface area contributed by atoms with Crippen LogP contribution in [-0.2, 0) is 0 Å². The van der Waals surface area contributed by atoms with Gasteiger partial charge in [0.1, 0.15) is 5.82 Å². The monoisotopic (exact) mass is 288 g/mol. The molecule has 0 bridgehead atoms. The average molecular weight is 289 g/mol. The maximum atomic E-state index is 13.3. The standard InChI is InChI=1S/C9H6BrFN2OS/c1-5-12-9(15-13-5)14-8-3-2-6(10)4-7(8)11/h2-4H,1H3. The first-order valence-corrected chi connectivity index (χ1v) is 5.65. The third kappa shape index (κ3) is 2.51. The third-order valence-corrected chi connectivity index (χ3v) is 2.78. The van der Waals surface area contributed by atoms with Crippen molar-refractivity contribution in [1.82, 2.24) is 9.36 Å². The Balaban J connectivity index is 2.24. The van der Waals surface area contributed by atoms with Crippen LogP contribution in [0.25, 0.3) is 0 Å². The molecule has 2 aromatic rings. The van der Waals surface area contributed by atoms with Crippen LogP contribution in [0, 0.1) is 12.7 Å². The number of benzene rings is 1. The smallest absolute Gasteiger partial charge is 0.298 e. The predicted molar refractivity (Wildman–Crippen MR) is 58.8 cm³/mol. The molecule has 0 N–H and O–H groups in total. The molecule has 0 amide bonds. The van der Waals surface area contributed by atoms with Gasteiger partial charge in [-0.1, -0.05) is 15.9 Å². The molecule has 0 aliphatic heterocycles. The minimum atomic E-state index is -0.433. The number of ether oxygens (including phenoxy) is 1. The van der Waals surface area contributed by atoms with Gasteiger partial charge in [-0.3, -0.25) is 0 Å². The van der Waals surface area contributed by atoms with Crippen molar-refractivity contribution in [3.05, 3.63) is 34.3 Å². The maximum absolute atomic E-state index is 13.3. The van der Waals surface area contributed by atoms with Gasteiger partial charge in [0.15, 0.2) is 11.6 Å². The van der Waals surface area contributed by atoms with Crippen LogP contribution in [0.3, 0.4) is 0 Å². The molecule has 0 spiro atoms. The normalized spacial score (nSPS) is 10.3. The van der Waals surface area contributed by atoms with Gasteiger partial charge in [0.25, 0.3) is 5.19 Å². The molecule has 1 heterocycles. The molecule has 0 aliphatic carbocycles. The van der Waals surface area contributed by atoms with Crippen LogP contribution < -0.4 is 4.74 Å². The van der Waals surface area contributed by atoms with Gasteiger partial charge in [-0.25, -0.2) is 4.39 Å². The second-order valence-corrected chi connectivity index (χ2v) is 4.41. The maximum Gasteiger partial charge on any atom is 0.298 e. The quantitative estimate of drug-likeness (QED) is 0.848. The largest absolute Gasteiger partial charge is 0.427 e. The second-order valence-electron chi connectivity index (χ2n) is 2.78. The summed E-state index contributed by atoms with van der Waals surface area (Å²) in [7, 11) is 0. The summed E-state index contributed by atoms with van der Waals surface area (Å²) in [5, 5.41) is 0.341. The lowest BCUT2D eigenvalue weighted by molar-refractivity contribution is 0.438.